The van der Waals surface area contributed by atoms with Gasteiger partial charge in [0.2, 0.25) is 0 Å². The molecule has 0 saturated carbocycles. The number of oxime groups is 1. The maximum Gasteiger partial charge on any atom is 0.140 e. The van der Waals surface area contributed by atoms with Crippen molar-refractivity contribution >= 4 is 6.21 Å². The lowest BCUT2D eigenvalue weighted by Gasteiger charge is -2.27. The number of rotatable bonds is 2. The monoisotopic (exact) mass is 168 g/mol. The molecule has 2 fully saturated rings. The second-order valence-corrected chi connectivity index (χ2v) is 3.74. The summed E-state index contributed by atoms with van der Waals surface area (Å²) in [5.41, 5.74) is 0. The number of piperidine rings is 1. The average molecular weight is 168 g/mol. The predicted octanol–water partition coefficient (Wildman–Crippen LogP) is 1.10. The van der Waals surface area contributed by atoms with Crippen LogP contribution in [0.1, 0.15) is 19.8 Å². The third kappa shape index (κ3) is 1.61. The Morgan fingerprint density at radius 1 is 1.50 bits per heavy atom. The summed E-state index contributed by atoms with van der Waals surface area (Å²) in [6.45, 7) is 5.52. The van der Waals surface area contributed by atoms with Gasteiger partial charge in [0.1, 0.15) is 6.10 Å². The summed E-state index contributed by atoms with van der Waals surface area (Å²) in [6, 6.07) is 0. The van der Waals surface area contributed by atoms with Gasteiger partial charge in [-0.3, -0.25) is 4.90 Å². The second-order valence-electron chi connectivity index (χ2n) is 3.74. The van der Waals surface area contributed by atoms with Gasteiger partial charge in [-0.2, -0.15) is 0 Å². The van der Waals surface area contributed by atoms with Gasteiger partial charge in [-0.25, -0.2) is 0 Å². The molecule has 2 saturated heterocycles. The number of fused-ring (bicyclic) bond motifs is 2. The molecule has 2 rings (SSSR count). The first-order valence-electron chi connectivity index (χ1n) is 4.74. The van der Waals surface area contributed by atoms with E-state index in [1.165, 1.54) is 25.9 Å². The van der Waals surface area contributed by atoms with Crippen LogP contribution in [0, 0.1) is 5.92 Å². The Morgan fingerprint density at radius 2 is 2.42 bits per heavy atom. The van der Waals surface area contributed by atoms with Crippen molar-refractivity contribution in [1.29, 1.82) is 0 Å². The summed E-state index contributed by atoms with van der Waals surface area (Å²) in [6.07, 6.45) is 4.62. The second kappa shape index (κ2) is 3.44. The van der Waals surface area contributed by atoms with Crippen LogP contribution >= 0.6 is 0 Å². The molecule has 3 unspecified atom stereocenters. The Balaban J connectivity index is 1.85. The molecule has 2 heterocycles. The van der Waals surface area contributed by atoms with Crippen molar-refractivity contribution in [2.24, 2.45) is 11.1 Å². The van der Waals surface area contributed by atoms with E-state index in [0.29, 0.717) is 6.10 Å². The van der Waals surface area contributed by atoms with Crippen molar-refractivity contribution < 1.29 is 4.84 Å². The first-order valence-corrected chi connectivity index (χ1v) is 4.74. The average Bonchev–Trinajstić information content (AvgIpc) is 2.42. The minimum Gasteiger partial charge on any atom is -0.391 e. The largest absolute Gasteiger partial charge is 0.391 e. The van der Waals surface area contributed by atoms with Crippen molar-refractivity contribution in [3.8, 4) is 0 Å². The Hall–Kier alpha value is -0.570. The predicted molar refractivity (Wildman–Crippen MR) is 48.2 cm³/mol. The van der Waals surface area contributed by atoms with Crippen LogP contribution in [-0.2, 0) is 4.84 Å². The van der Waals surface area contributed by atoms with E-state index >= 15 is 0 Å². The standard InChI is InChI=1S/C9H16N2O/c1-2-10-12-9-5-8-3-4-11(6-8)7-9/h2,8-9H,3-7H2,1H3/b10-2+. The molecular weight excluding hydrogens is 152 g/mol. The van der Waals surface area contributed by atoms with Gasteiger partial charge in [0, 0.05) is 19.3 Å². The molecule has 2 aliphatic rings. The third-order valence-electron chi connectivity index (χ3n) is 2.74. The molecule has 0 aromatic carbocycles. The van der Waals surface area contributed by atoms with Crippen LogP contribution in [0.15, 0.2) is 5.16 Å². The van der Waals surface area contributed by atoms with Crippen LogP contribution in [0.4, 0.5) is 0 Å². The summed E-state index contributed by atoms with van der Waals surface area (Å²) < 4.78 is 0. The Morgan fingerprint density at radius 3 is 3.17 bits per heavy atom. The van der Waals surface area contributed by atoms with E-state index in [0.717, 1.165) is 12.5 Å². The minimum atomic E-state index is 0.349. The number of hydrogen-bond acceptors (Lipinski definition) is 3. The molecule has 0 N–H and O–H groups in total. The van der Waals surface area contributed by atoms with Gasteiger partial charge in [0.05, 0.1) is 0 Å². The van der Waals surface area contributed by atoms with Crippen LogP contribution in [0.3, 0.4) is 0 Å². The van der Waals surface area contributed by atoms with Crippen molar-refractivity contribution in [3.63, 3.8) is 0 Å². The number of hydrogen-bond donors (Lipinski definition) is 0. The number of nitrogens with zero attached hydrogens (tertiary/aromatic N) is 2. The summed E-state index contributed by atoms with van der Waals surface area (Å²) in [5.74, 6) is 0.871. The van der Waals surface area contributed by atoms with Crippen molar-refractivity contribution in [2.75, 3.05) is 19.6 Å². The van der Waals surface area contributed by atoms with Gasteiger partial charge >= 0.3 is 0 Å². The fourth-order valence-electron chi connectivity index (χ4n) is 2.23. The normalized spacial score (nSPS) is 40.6. The summed E-state index contributed by atoms with van der Waals surface area (Å²) >= 11 is 0. The Bertz CT molecular complexity index is 169. The van der Waals surface area contributed by atoms with E-state index in [4.69, 9.17) is 4.84 Å². The van der Waals surface area contributed by atoms with E-state index in [1.807, 2.05) is 6.92 Å². The maximum atomic E-state index is 5.34. The molecule has 3 nitrogen and oxygen atoms in total. The van der Waals surface area contributed by atoms with Gasteiger partial charge in [-0.15, -0.1) is 0 Å². The highest BCUT2D eigenvalue weighted by Gasteiger charge is 2.33. The SMILES string of the molecule is C/C=N/OC1CC2CCN(C2)C1. The highest BCUT2D eigenvalue weighted by molar-refractivity contribution is 5.52. The molecule has 0 aliphatic carbocycles. The first-order chi connectivity index (χ1) is 5.88. The van der Waals surface area contributed by atoms with Crippen LogP contribution in [0.2, 0.25) is 0 Å². The van der Waals surface area contributed by atoms with Crippen LogP contribution in [0.25, 0.3) is 0 Å². The quantitative estimate of drug-likeness (QED) is 0.455. The van der Waals surface area contributed by atoms with Gasteiger partial charge in [0.25, 0.3) is 0 Å². The van der Waals surface area contributed by atoms with E-state index in [-0.39, 0.29) is 0 Å². The highest BCUT2D eigenvalue weighted by atomic mass is 16.6. The topological polar surface area (TPSA) is 24.8 Å². The van der Waals surface area contributed by atoms with Crippen LogP contribution < -0.4 is 0 Å². The lowest BCUT2D eigenvalue weighted by atomic mass is 9.99. The van der Waals surface area contributed by atoms with Crippen LogP contribution in [-0.4, -0.2) is 36.9 Å². The molecule has 2 aliphatic heterocycles. The zero-order valence-electron chi connectivity index (χ0n) is 7.57. The molecule has 0 amide bonds. The van der Waals surface area contributed by atoms with Crippen molar-refractivity contribution in [2.45, 2.75) is 25.9 Å². The fraction of sp³-hybridized carbons (Fsp3) is 0.889. The molecule has 3 atom stereocenters. The van der Waals surface area contributed by atoms with E-state index < -0.39 is 0 Å². The molecule has 0 aromatic rings. The summed E-state index contributed by atoms with van der Waals surface area (Å²) in [7, 11) is 0. The lowest BCUT2D eigenvalue weighted by molar-refractivity contribution is 0.00619. The maximum absolute atomic E-state index is 5.34. The lowest BCUT2D eigenvalue weighted by Crippen LogP contribution is -2.37. The molecule has 0 spiro atoms. The Labute approximate surface area is 73.4 Å². The molecule has 2 bridgehead atoms. The molecule has 3 heteroatoms. The van der Waals surface area contributed by atoms with E-state index in [9.17, 15) is 0 Å². The summed E-state index contributed by atoms with van der Waals surface area (Å²) in [5, 5.41) is 3.84. The van der Waals surface area contributed by atoms with Gasteiger partial charge < -0.3 is 4.84 Å². The van der Waals surface area contributed by atoms with E-state index in [1.54, 1.807) is 6.21 Å². The van der Waals surface area contributed by atoms with E-state index in [2.05, 4.69) is 10.1 Å². The molecule has 68 valence electrons. The van der Waals surface area contributed by atoms with Gasteiger partial charge in [0.15, 0.2) is 0 Å². The zero-order chi connectivity index (χ0) is 8.39. The van der Waals surface area contributed by atoms with Gasteiger partial charge in [-0.05, 0) is 32.2 Å². The van der Waals surface area contributed by atoms with Gasteiger partial charge in [-0.1, -0.05) is 5.16 Å². The minimum absolute atomic E-state index is 0.349. The fourth-order valence-corrected chi connectivity index (χ4v) is 2.23. The highest BCUT2D eigenvalue weighted by Crippen LogP contribution is 2.28. The molecule has 0 aromatic heterocycles. The smallest absolute Gasteiger partial charge is 0.140 e. The molecule has 0 radical (unpaired) electrons. The Kier molecular flexibility index (Phi) is 2.30. The molecule has 12 heavy (non-hydrogen) atoms. The third-order valence-corrected chi connectivity index (χ3v) is 2.74. The van der Waals surface area contributed by atoms with Crippen molar-refractivity contribution in [1.82, 2.24) is 4.90 Å². The van der Waals surface area contributed by atoms with Crippen molar-refractivity contribution in [3.05, 3.63) is 0 Å². The molecular formula is C9H16N2O. The van der Waals surface area contributed by atoms with Crippen LogP contribution in [0.5, 0.6) is 0 Å². The zero-order valence-corrected chi connectivity index (χ0v) is 7.57. The first kappa shape index (κ1) is 8.05. The summed E-state index contributed by atoms with van der Waals surface area (Å²) in [4.78, 5) is 7.82.